The van der Waals surface area contributed by atoms with Crippen molar-refractivity contribution >= 4 is 28.3 Å². The third kappa shape index (κ3) is 22.1. The molecule has 0 amide bonds. The first-order valence-corrected chi connectivity index (χ1v) is 0. The molecule has 0 aromatic rings. The van der Waals surface area contributed by atoms with Gasteiger partial charge in [-0.25, -0.2) is 0 Å². The summed E-state index contributed by atoms with van der Waals surface area (Å²) in [7, 11) is 0. The predicted octanol–water partition coefficient (Wildman–Crippen LogP) is -0.769. The van der Waals surface area contributed by atoms with Gasteiger partial charge in [0.2, 0.25) is 0 Å². The summed E-state index contributed by atoms with van der Waals surface area (Å²) in [6.07, 6.45) is 0. The molecule has 0 N–H and O–H groups in total. The molecule has 0 atom stereocenters. The quantitative estimate of drug-likeness (QED) is 0.475. The van der Waals surface area contributed by atoms with Crippen molar-refractivity contribution in [3.63, 3.8) is 0 Å². The van der Waals surface area contributed by atoms with Crippen LogP contribution in [0.1, 0.15) is 0 Å². The van der Waals surface area contributed by atoms with Gasteiger partial charge in [0.05, 0.1) is 0 Å². The molecule has 0 spiro atoms. The zero-order valence-electron chi connectivity index (χ0n) is 2.10. The molecule has 7 radical (unpaired) electrons. The van der Waals surface area contributed by atoms with Crippen molar-refractivity contribution in [1.82, 2.24) is 0 Å². The summed E-state index contributed by atoms with van der Waals surface area (Å²) in [6, 6.07) is 0. The maximum atomic E-state index is 0. The summed E-state index contributed by atoms with van der Waals surface area (Å²) in [5, 5.41) is 0. The van der Waals surface area contributed by atoms with Gasteiger partial charge in [0.25, 0.3) is 0 Å². The molecule has 0 fully saturated rings. The molecule has 5 heavy (non-hydrogen) atoms. The van der Waals surface area contributed by atoms with Crippen LogP contribution in [0.15, 0.2) is 0 Å². The van der Waals surface area contributed by atoms with Gasteiger partial charge in [-0.1, -0.05) is 0 Å². The van der Waals surface area contributed by atoms with E-state index in [0.29, 0.717) is 0 Å². The second kappa shape index (κ2) is 33.7. The van der Waals surface area contributed by atoms with Crippen molar-refractivity contribution in [2.24, 2.45) is 0 Å². The van der Waals surface area contributed by atoms with Crippen LogP contribution in [-0.4, -0.2) is 28.3 Å². The fraction of sp³-hybridized carbons (Fsp3) is 0. The average molecular weight is 225 g/mol. The van der Waals surface area contributed by atoms with Gasteiger partial charge in [0.15, 0.2) is 0 Å². The fourth-order valence-electron chi connectivity index (χ4n) is 0. The fourth-order valence-corrected chi connectivity index (χ4v) is 0. The number of hydrogen-bond donors (Lipinski definition) is 0. The molecular weight excluding hydrogens is 225 g/mol. The molecule has 0 nitrogen and oxygen atoms in total. The van der Waals surface area contributed by atoms with Crippen molar-refractivity contribution in [2.45, 2.75) is 0 Å². The summed E-state index contributed by atoms with van der Waals surface area (Å²) in [5.41, 5.74) is 0. The van der Waals surface area contributed by atoms with E-state index in [2.05, 4.69) is 0 Å². The van der Waals surface area contributed by atoms with Crippen LogP contribution in [0.3, 0.4) is 0 Å². The van der Waals surface area contributed by atoms with Crippen molar-refractivity contribution in [1.29, 1.82) is 0 Å². The largest absolute Gasteiger partial charge is 0 e. The Balaban J connectivity index is 0. The summed E-state index contributed by atoms with van der Waals surface area (Å²) in [4.78, 5) is 0. The van der Waals surface area contributed by atoms with Gasteiger partial charge >= 0.3 is 0 Å². The molecule has 0 saturated carbocycles. The van der Waals surface area contributed by atoms with E-state index in [-0.39, 0.29) is 79.0 Å². The first kappa shape index (κ1) is 55.2. The second-order valence-corrected chi connectivity index (χ2v) is 0. The van der Waals surface area contributed by atoms with Gasteiger partial charge in [-0.3, -0.25) is 0 Å². The third-order valence-electron chi connectivity index (χ3n) is 0. The van der Waals surface area contributed by atoms with E-state index in [0.717, 1.165) is 0 Å². The van der Waals surface area contributed by atoms with Crippen LogP contribution in [0.25, 0.3) is 0 Å². The van der Waals surface area contributed by atoms with Crippen molar-refractivity contribution in [3.05, 3.63) is 0 Å². The first-order chi connectivity index (χ1) is 0. The zero-order chi connectivity index (χ0) is 0. The Kier molecular flexibility index (Phi) is 372. The Morgan fingerprint density at radius 1 is 0.800 bits per heavy atom. The molecule has 0 aliphatic rings. The Labute approximate surface area is 78.3 Å². The van der Waals surface area contributed by atoms with Crippen LogP contribution in [0, 0.1) is 0 Å². The molecule has 0 bridgehead atoms. The van der Waals surface area contributed by atoms with Crippen LogP contribution in [0.2, 0.25) is 0 Å². The standard InChI is InChI=1S/Al.2Fe.Ni.Si. The van der Waals surface area contributed by atoms with Gasteiger partial charge in [-0.2, -0.15) is 0 Å². The van der Waals surface area contributed by atoms with Gasteiger partial charge in [-0.15, -0.1) is 0 Å². The normalized spacial score (nSPS) is 0. The third-order valence-corrected chi connectivity index (χ3v) is 0. The smallest absolute Gasteiger partial charge is 0 e. The van der Waals surface area contributed by atoms with E-state index in [4.69, 9.17) is 0 Å². The number of rotatable bonds is 0. The van der Waals surface area contributed by atoms with Crippen molar-refractivity contribution in [3.8, 4) is 0 Å². The molecule has 0 aromatic carbocycles. The SMILES string of the molecule is [Al].[Fe].[Fe].[Ni].[Si]. The Morgan fingerprint density at radius 2 is 0.800 bits per heavy atom. The average Bonchev–Trinajstić information content (AvgIpc) is 0. The van der Waals surface area contributed by atoms with Gasteiger partial charge in [0.1, 0.15) is 0 Å². The molecule has 0 unspecified atom stereocenters. The Morgan fingerprint density at radius 3 is 0.800 bits per heavy atom. The summed E-state index contributed by atoms with van der Waals surface area (Å²) in [5.74, 6) is 0. The van der Waals surface area contributed by atoms with E-state index in [1.165, 1.54) is 0 Å². The van der Waals surface area contributed by atoms with Crippen molar-refractivity contribution < 1.29 is 50.6 Å². The minimum atomic E-state index is 0. The molecule has 0 heterocycles. The molecule has 0 saturated heterocycles. The van der Waals surface area contributed by atoms with Crippen LogP contribution in [-0.2, 0) is 50.6 Å². The minimum absolute atomic E-state index is 0. The van der Waals surface area contributed by atoms with E-state index < -0.39 is 0 Å². The molecule has 0 rings (SSSR count). The monoisotopic (exact) mass is 225 g/mol. The maximum absolute atomic E-state index is 0. The van der Waals surface area contributed by atoms with Gasteiger partial charge in [-0.05, 0) is 0 Å². The zero-order valence-corrected chi connectivity index (χ0v) is 7.45. The van der Waals surface area contributed by atoms with E-state index >= 15 is 0 Å². The van der Waals surface area contributed by atoms with Gasteiger partial charge < -0.3 is 0 Å². The Bertz CT molecular complexity index is 9.61. The van der Waals surface area contributed by atoms with Crippen LogP contribution in [0.4, 0.5) is 0 Å². The van der Waals surface area contributed by atoms with Crippen molar-refractivity contribution in [2.75, 3.05) is 0 Å². The van der Waals surface area contributed by atoms with E-state index in [1.807, 2.05) is 0 Å². The summed E-state index contributed by atoms with van der Waals surface area (Å²) >= 11 is 0. The van der Waals surface area contributed by atoms with Crippen LogP contribution >= 0.6 is 0 Å². The Hall–Kier alpha value is 2.28. The van der Waals surface area contributed by atoms with E-state index in [9.17, 15) is 0 Å². The number of hydrogen-bond acceptors (Lipinski definition) is 0. The van der Waals surface area contributed by atoms with Crippen LogP contribution in [0.5, 0.6) is 0 Å². The molecule has 0 aromatic heterocycles. The first-order valence-electron chi connectivity index (χ1n) is 0. The second-order valence-electron chi connectivity index (χ2n) is 0. The molecule has 33 valence electrons. The molecular formula is AlFe2NiSi. The van der Waals surface area contributed by atoms with E-state index in [1.54, 1.807) is 0 Å². The minimum Gasteiger partial charge on any atom is 0 e. The predicted molar refractivity (Wildman–Crippen MR) is 11.5 cm³/mol. The topological polar surface area (TPSA) is 0 Å². The van der Waals surface area contributed by atoms with Gasteiger partial charge in [0, 0.05) is 79.0 Å². The maximum Gasteiger partial charge on any atom is 0 e. The summed E-state index contributed by atoms with van der Waals surface area (Å²) < 4.78 is 0. The molecule has 0 aliphatic heterocycles. The summed E-state index contributed by atoms with van der Waals surface area (Å²) in [6.45, 7) is 0. The molecule has 0 aliphatic carbocycles. The van der Waals surface area contributed by atoms with Crippen LogP contribution < -0.4 is 0 Å². The molecule has 5 heteroatoms.